The Morgan fingerprint density at radius 2 is 1.48 bits per heavy atom. The molecule has 4 amide bonds. The average molecular weight is 884 g/mol. The lowest BCUT2D eigenvalue weighted by molar-refractivity contribution is -0.129. The number of hydrogen-bond donors (Lipinski definition) is 4. The first-order valence-corrected chi connectivity index (χ1v) is 21.9. The molecular formula is C40H56ClF2N7O9S. The van der Waals surface area contributed by atoms with Gasteiger partial charge in [-0.3, -0.25) is 9.59 Å². The second kappa shape index (κ2) is 18.7. The Labute approximate surface area is 354 Å². The Morgan fingerprint density at radius 1 is 0.900 bits per heavy atom. The number of halogens is 3. The number of amides is 4. The number of anilines is 2. The molecule has 20 heteroatoms. The number of nitrogens with one attached hydrogen (secondary N) is 3. The molecule has 1 unspecified atom stereocenters. The number of aromatic nitrogens is 1. The van der Waals surface area contributed by atoms with Gasteiger partial charge in [-0.15, -0.1) is 0 Å². The first-order chi connectivity index (χ1) is 27.9. The Hall–Kier alpha value is -4.33. The van der Waals surface area contributed by atoms with Crippen molar-refractivity contribution in [1.82, 2.24) is 25.2 Å². The maximum Gasteiger partial charge on any atom is 0.407 e. The van der Waals surface area contributed by atoms with E-state index in [1.54, 1.807) is 46.4 Å². The number of benzene rings is 1. The van der Waals surface area contributed by atoms with Gasteiger partial charge in [-0.2, -0.15) is 4.31 Å². The van der Waals surface area contributed by atoms with Gasteiger partial charge in [0.05, 0.1) is 17.0 Å². The van der Waals surface area contributed by atoms with Crippen LogP contribution in [0.2, 0.25) is 5.15 Å². The van der Waals surface area contributed by atoms with Crippen LogP contribution in [0.4, 0.5) is 29.9 Å². The fourth-order valence-corrected chi connectivity index (χ4v) is 9.00. The number of pyridine rings is 1. The number of alkyl carbamates (subject to hydrolysis) is 2. The first kappa shape index (κ1) is 46.7. The maximum absolute atomic E-state index is 16.1. The number of ether oxygens (including phenoxy) is 2. The van der Waals surface area contributed by atoms with Gasteiger partial charge in [0.25, 0.3) is 5.92 Å². The van der Waals surface area contributed by atoms with Crippen molar-refractivity contribution in [1.29, 1.82) is 0 Å². The molecule has 1 saturated carbocycles. The number of hydrogen-bond acceptors (Lipinski definition) is 11. The number of nitrogens with zero attached hydrogens (tertiary/aromatic N) is 4. The van der Waals surface area contributed by atoms with E-state index in [-0.39, 0.29) is 111 Å². The van der Waals surface area contributed by atoms with Crippen molar-refractivity contribution in [3.8, 4) is 0 Å². The van der Waals surface area contributed by atoms with Gasteiger partial charge in [-0.1, -0.05) is 11.6 Å². The predicted octanol–water partition coefficient (Wildman–Crippen LogP) is 4.78. The Bertz CT molecular complexity index is 1980. The second-order valence-corrected chi connectivity index (χ2v) is 19.8. The minimum atomic E-state index is -3.95. The van der Waals surface area contributed by atoms with Crippen LogP contribution >= 0.6 is 11.6 Å². The summed E-state index contributed by atoms with van der Waals surface area (Å²) >= 11 is 6.28. The SMILES string of the molecule is CC(C)(C)OC(=O)NCC(O)CNC(=O)[C@H]1CC[C@H](C(F)(F)c2cc(Cl)nc(N3CCN(S(=O)(=O)c4ccc(N5C[C@H](NC(=O)OC(C)(C)C)CC5=O)cc4)CC3)c2)CC1. The van der Waals surface area contributed by atoms with E-state index < -0.39 is 63.3 Å². The number of carbonyl (C=O) groups is 4. The Morgan fingerprint density at radius 3 is 2.08 bits per heavy atom. The van der Waals surface area contributed by atoms with E-state index in [1.807, 2.05) is 0 Å². The van der Waals surface area contributed by atoms with Crippen molar-refractivity contribution in [2.45, 2.75) is 108 Å². The summed E-state index contributed by atoms with van der Waals surface area (Å²) in [5.41, 5.74) is -1.23. The van der Waals surface area contributed by atoms with Gasteiger partial charge in [-0.25, -0.2) is 31.8 Å². The summed E-state index contributed by atoms with van der Waals surface area (Å²) in [6.45, 7) is 10.7. The molecule has 2 saturated heterocycles. The van der Waals surface area contributed by atoms with Crippen LogP contribution in [-0.4, -0.2) is 116 Å². The molecule has 1 aliphatic carbocycles. The lowest BCUT2D eigenvalue weighted by Gasteiger charge is -2.36. The zero-order valence-corrected chi connectivity index (χ0v) is 36.4. The Kier molecular flexibility index (Phi) is 14.6. The maximum atomic E-state index is 16.1. The normalized spacial score (nSPS) is 21.3. The standard InChI is InChI=1S/C40H56ClF2N7O9S/c1-38(2,3)58-36(54)45-23-30(51)22-44-35(53)25-7-9-26(10-8-25)40(42,43)27-19-32(41)47-33(20-27)48-15-17-49(18-16-48)60(56,57)31-13-11-29(12-14-31)50-24-28(21-34(50)52)46-37(55)59-39(4,5)6/h11-14,19-20,25-26,28,30,51H,7-10,15-18,21-24H2,1-6H3,(H,44,53)(H,45,54)(H,46,55)/t25-,26-,28-,30?/m1/s1. The van der Waals surface area contributed by atoms with Gasteiger partial charge in [0.15, 0.2) is 0 Å². The van der Waals surface area contributed by atoms with Crippen LogP contribution in [-0.2, 0) is 35.0 Å². The van der Waals surface area contributed by atoms with E-state index in [0.717, 1.165) is 6.07 Å². The second-order valence-electron chi connectivity index (χ2n) is 17.4. The summed E-state index contributed by atoms with van der Waals surface area (Å²) in [6, 6.07) is 7.87. The van der Waals surface area contributed by atoms with Gasteiger partial charge in [0, 0.05) is 75.3 Å². The van der Waals surface area contributed by atoms with Crippen LogP contribution in [0.5, 0.6) is 0 Å². The summed E-state index contributed by atoms with van der Waals surface area (Å²) in [4.78, 5) is 57.1. The molecule has 2 atom stereocenters. The van der Waals surface area contributed by atoms with E-state index in [2.05, 4.69) is 20.9 Å². The van der Waals surface area contributed by atoms with E-state index in [1.165, 1.54) is 39.5 Å². The molecule has 4 N–H and O–H groups in total. The molecular weight excluding hydrogens is 828 g/mol. The fourth-order valence-electron chi connectivity index (χ4n) is 7.37. The molecule has 60 heavy (non-hydrogen) atoms. The highest BCUT2D eigenvalue weighted by Crippen LogP contribution is 2.46. The van der Waals surface area contributed by atoms with E-state index in [4.69, 9.17) is 21.1 Å². The third-order valence-electron chi connectivity index (χ3n) is 10.4. The molecule has 5 rings (SSSR count). The van der Waals surface area contributed by atoms with Crippen LogP contribution in [0.25, 0.3) is 0 Å². The number of piperazine rings is 1. The topological polar surface area (TPSA) is 200 Å². The van der Waals surface area contributed by atoms with Crippen LogP contribution in [0.15, 0.2) is 41.3 Å². The summed E-state index contributed by atoms with van der Waals surface area (Å²) < 4.78 is 71.1. The molecule has 2 aliphatic heterocycles. The van der Waals surface area contributed by atoms with E-state index in [9.17, 15) is 32.7 Å². The minimum absolute atomic E-state index is 0.0231. The smallest absolute Gasteiger partial charge is 0.407 e. The molecule has 0 radical (unpaired) electrons. The number of carbonyl (C=O) groups excluding carboxylic acids is 4. The third kappa shape index (κ3) is 12.4. The molecule has 0 spiro atoms. The first-order valence-electron chi connectivity index (χ1n) is 20.0. The van der Waals surface area contributed by atoms with Crippen LogP contribution < -0.4 is 25.8 Å². The van der Waals surface area contributed by atoms with Crippen molar-refractivity contribution >= 4 is 57.1 Å². The quantitative estimate of drug-likeness (QED) is 0.214. The molecule has 16 nitrogen and oxygen atoms in total. The molecule has 3 heterocycles. The van der Waals surface area contributed by atoms with Crippen molar-refractivity contribution in [3.63, 3.8) is 0 Å². The highest BCUT2D eigenvalue weighted by molar-refractivity contribution is 7.89. The third-order valence-corrected chi connectivity index (χ3v) is 12.5. The van der Waals surface area contributed by atoms with E-state index in [0.29, 0.717) is 5.69 Å². The summed E-state index contributed by atoms with van der Waals surface area (Å²) in [7, 11) is -3.95. The number of alkyl halides is 2. The Balaban J connectivity index is 1.11. The highest BCUT2D eigenvalue weighted by Gasteiger charge is 2.45. The largest absolute Gasteiger partial charge is 0.444 e. The number of aliphatic hydroxyl groups is 1. The van der Waals surface area contributed by atoms with Crippen molar-refractivity contribution in [2.75, 3.05) is 55.6 Å². The molecule has 332 valence electrons. The van der Waals surface area contributed by atoms with Crippen molar-refractivity contribution < 1.29 is 51.0 Å². The van der Waals surface area contributed by atoms with Crippen LogP contribution in [0, 0.1) is 11.8 Å². The molecule has 3 fully saturated rings. The van der Waals surface area contributed by atoms with Crippen molar-refractivity contribution in [3.05, 3.63) is 47.1 Å². The lowest BCUT2D eigenvalue weighted by atomic mass is 9.77. The lowest BCUT2D eigenvalue weighted by Crippen LogP contribution is -2.49. The van der Waals surface area contributed by atoms with Crippen molar-refractivity contribution in [2.24, 2.45) is 11.8 Å². The van der Waals surface area contributed by atoms with E-state index >= 15 is 8.78 Å². The molecule has 2 aromatic rings. The van der Waals surface area contributed by atoms with Crippen LogP contribution in [0.3, 0.4) is 0 Å². The summed E-state index contributed by atoms with van der Waals surface area (Å²) in [5.74, 6) is -5.26. The zero-order valence-electron chi connectivity index (χ0n) is 34.8. The molecule has 3 aliphatic rings. The number of rotatable bonds is 12. The summed E-state index contributed by atoms with van der Waals surface area (Å²) in [6.07, 6.45) is -1.76. The van der Waals surface area contributed by atoms with Gasteiger partial charge in [-0.05, 0) is 104 Å². The van der Waals surface area contributed by atoms with Gasteiger partial charge in [0.2, 0.25) is 21.8 Å². The number of aliphatic hydroxyl groups excluding tert-OH is 1. The highest BCUT2D eigenvalue weighted by atomic mass is 35.5. The summed E-state index contributed by atoms with van der Waals surface area (Å²) in [5, 5.41) is 17.8. The van der Waals surface area contributed by atoms with Crippen LogP contribution in [0.1, 0.15) is 79.2 Å². The molecule has 1 aromatic heterocycles. The average Bonchev–Trinajstić information content (AvgIpc) is 3.53. The molecule has 0 bridgehead atoms. The number of sulfonamides is 1. The van der Waals surface area contributed by atoms with Gasteiger partial charge >= 0.3 is 12.2 Å². The zero-order chi connectivity index (χ0) is 44.2. The monoisotopic (exact) mass is 883 g/mol. The minimum Gasteiger partial charge on any atom is -0.444 e. The fraction of sp³-hybridized carbons (Fsp3) is 0.625. The van der Waals surface area contributed by atoms with Gasteiger partial charge in [0.1, 0.15) is 22.2 Å². The molecule has 1 aromatic carbocycles. The predicted molar refractivity (Wildman–Crippen MR) is 219 cm³/mol. The van der Waals surface area contributed by atoms with Gasteiger partial charge < -0.3 is 40.3 Å².